The Labute approximate surface area is 70.0 Å². The maximum atomic E-state index is 10.2. The summed E-state index contributed by atoms with van der Waals surface area (Å²) in [5.74, 6) is -0.220. The molecule has 0 amide bonds. The van der Waals surface area contributed by atoms with Gasteiger partial charge in [0.05, 0.1) is 0 Å². The van der Waals surface area contributed by atoms with Gasteiger partial charge in [0.2, 0.25) is 0 Å². The second-order valence-electron chi connectivity index (χ2n) is 1.76. The maximum absolute atomic E-state index is 10.2. The highest BCUT2D eigenvalue weighted by atomic mass is 35.5. The molecule has 1 heterocycles. The first-order valence-electron chi connectivity index (χ1n) is 2.51. The fourth-order valence-corrected chi connectivity index (χ4v) is 1.05. The Balaban J connectivity index is 0.000001000. The van der Waals surface area contributed by atoms with Crippen LogP contribution in [0, 0.1) is 0 Å². The van der Waals surface area contributed by atoms with Gasteiger partial charge in [-0.15, -0.1) is 12.4 Å². The summed E-state index contributed by atoms with van der Waals surface area (Å²) in [7, 11) is -3.94. The third-order valence-corrected chi connectivity index (χ3v) is 1.51. The summed E-state index contributed by atoms with van der Waals surface area (Å²) in [5.41, 5.74) is 0. The van der Waals surface area contributed by atoms with Crippen molar-refractivity contribution in [1.29, 1.82) is 0 Å². The monoisotopic (exact) mass is 198 g/mol. The van der Waals surface area contributed by atoms with E-state index in [1.165, 1.54) is 12.4 Å². The van der Waals surface area contributed by atoms with Crippen molar-refractivity contribution in [2.24, 2.45) is 0 Å². The molecule has 0 aromatic carbocycles. The van der Waals surface area contributed by atoms with E-state index in [4.69, 9.17) is 4.55 Å². The van der Waals surface area contributed by atoms with Crippen molar-refractivity contribution in [3.63, 3.8) is 0 Å². The van der Waals surface area contributed by atoms with Crippen LogP contribution in [0.25, 0.3) is 0 Å². The van der Waals surface area contributed by atoms with Gasteiger partial charge in [-0.1, -0.05) is 0 Å². The van der Waals surface area contributed by atoms with Crippen LogP contribution in [0.1, 0.15) is 5.82 Å². The summed E-state index contributed by atoms with van der Waals surface area (Å²) in [6.45, 7) is 0. The molecule has 0 aliphatic rings. The zero-order valence-corrected chi connectivity index (χ0v) is 7.02. The predicted molar refractivity (Wildman–Crippen MR) is 41.1 cm³/mol. The fraction of sp³-hybridized carbons (Fsp3) is 0.250. The van der Waals surface area contributed by atoms with Gasteiger partial charge in [0.25, 0.3) is 10.1 Å². The van der Waals surface area contributed by atoms with Gasteiger partial charge >= 0.3 is 0 Å². The van der Waals surface area contributed by atoms with Gasteiger partial charge < -0.3 is 4.98 Å². The zero-order chi connectivity index (χ0) is 7.61. The van der Waals surface area contributed by atoms with Gasteiger partial charge in [0.1, 0.15) is 11.6 Å². The Morgan fingerprint density at radius 3 is 2.64 bits per heavy atom. The Kier molecular flexibility index (Phi) is 3.50. The van der Waals surface area contributed by atoms with Gasteiger partial charge in [-0.3, -0.25) is 4.55 Å². The molecule has 0 aliphatic carbocycles. The van der Waals surface area contributed by atoms with E-state index in [1.807, 2.05) is 0 Å². The van der Waals surface area contributed by atoms with E-state index < -0.39 is 15.9 Å². The summed E-state index contributed by atoms with van der Waals surface area (Å²) >= 11 is 0. The van der Waals surface area contributed by atoms with Crippen LogP contribution in [0.5, 0.6) is 0 Å². The van der Waals surface area contributed by atoms with E-state index in [1.54, 1.807) is 0 Å². The van der Waals surface area contributed by atoms with E-state index in [2.05, 4.69) is 9.97 Å². The lowest BCUT2D eigenvalue weighted by molar-refractivity contribution is 0.481. The van der Waals surface area contributed by atoms with Crippen molar-refractivity contribution in [3.05, 3.63) is 18.2 Å². The van der Waals surface area contributed by atoms with Crippen LogP contribution in [0.2, 0.25) is 0 Å². The minimum Gasteiger partial charge on any atom is -0.348 e. The summed E-state index contributed by atoms with van der Waals surface area (Å²) < 4.78 is 28.7. The number of hydrogen-bond acceptors (Lipinski definition) is 3. The SMILES string of the molecule is Cl.O=S(=O)(O)Cc1ncc[nH]1. The largest absolute Gasteiger partial charge is 0.348 e. The molecule has 0 radical (unpaired) electrons. The Bertz CT molecular complexity index is 293. The van der Waals surface area contributed by atoms with Gasteiger partial charge in [-0.05, 0) is 0 Å². The second-order valence-corrected chi connectivity index (χ2v) is 3.21. The molecule has 1 rings (SSSR count). The van der Waals surface area contributed by atoms with Gasteiger partial charge in [-0.2, -0.15) is 8.42 Å². The van der Waals surface area contributed by atoms with Crippen molar-refractivity contribution in [2.45, 2.75) is 5.75 Å². The molecule has 0 atom stereocenters. The molecule has 0 spiro atoms. The molecule has 0 saturated heterocycles. The van der Waals surface area contributed by atoms with Crippen LogP contribution >= 0.6 is 12.4 Å². The summed E-state index contributed by atoms with van der Waals surface area (Å²) in [4.78, 5) is 6.15. The Morgan fingerprint density at radius 1 is 1.64 bits per heavy atom. The molecule has 11 heavy (non-hydrogen) atoms. The number of aromatic amines is 1. The van der Waals surface area contributed by atoms with Crippen LogP contribution in [-0.2, 0) is 15.9 Å². The quantitative estimate of drug-likeness (QED) is 0.666. The molecule has 0 aliphatic heterocycles. The lowest BCUT2D eigenvalue weighted by Gasteiger charge is -1.89. The summed E-state index contributed by atoms with van der Waals surface area (Å²) in [6.07, 6.45) is 2.90. The second kappa shape index (κ2) is 3.70. The third-order valence-electron chi connectivity index (χ3n) is 0.874. The number of hydrogen-bond donors (Lipinski definition) is 2. The molecular formula is C4H7ClN2O3S. The average molecular weight is 199 g/mol. The van der Waals surface area contributed by atoms with Crippen molar-refractivity contribution < 1.29 is 13.0 Å². The highest BCUT2D eigenvalue weighted by Gasteiger charge is 2.06. The molecule has 1 aromatic rings. The first kappa shape index (κ1) is 10.4. The van der Waals surface area contributed by atoms with Crippen molar-refractivity contribution in [3.8, 4) is 0 Å². The minimum atomic E-state index is -3.94. The highest BCUT2D eigenvalue weighted by molar-refractivity contribution is 7.84. The van der Waals surface area contributed by atoms with Crippen molar-refractivity contribution in [2.75, 3.05) is 0 Å². The molecule has 5 nitrogen and oxygen atoms in total. The molecular weight excluding hydrogens is 192 g/mol. The van der Waals surface area contributed by atoms with E-state index >= 15 is 0 Å². The van der Waals surface area contributed by atoms with Crippen LogP contribution in [0.4, 0.5) is 0 Å². The molecule has 0 unspecified atom stereocenters. The number of H-pyrrole nitrogens is 1. The lowest BCUT2D eigenvalue weighted by Crippen LogP contribution is -2.02. The minimum absolute atomic E-state index is 0. The van der Waals surface area contributed by atoms with Crippen molar-refractivity contribution >= 4 is 22.5 Å². The van der Waals surface area contributed by atoms with Crippen LogP contribution in [0.3, 0.4) is 0 Å². The van der Waals surface area contributed by atoms with E-state index in [0.717, 1.165) is 0 Å². The zero-order valence-electron chi connectivity index (χ0n) is 5.39. The van der Waals surface area contributed by atoms with Gasteiger partial charge in [0, 0.05) is 12.4 Å². The van der Waals surface area contributed by atoms with Crippen LogP contribution in [0.15, 0.2) is 12.4 Å². The van der Waals surface area contributed by atoms with Gasteiger partial charge in [-0.25, -0.2) is 4.98 Å². The number of nitrogens with zero attached hydrogens (tertiary/aromatic N) is 1. The first-order chi connectivity index (χ1) is 4.58. The molecule has 0 fully saturated rings. The highest BCUT2D eigenvalue weighted by Crippen LogP contribution is 1.95. The number of halogens is 1. The topological polar surface area (TPSA) is 83.1 Å². The Morgan fingerprint density at radius 2 is 2.27 bits per heavy atom. The number of imidazole rings is 1. The lowest BCUT2D eigenvalue weighted by atomic mass is 10.7. The molecule has 64 valence electrons. The maximum Gasteiger partial charge on any atom is 0.272 e. The molecule has 2 N–H and O–H groups in total. The summed E-state index contributed by atoms with van der Waals surface area (Å²) in [5, 5.41) is 0. The standard InChI is InChI=1S/C4H6N2O3S.ClH/c7-10(8,9)3-4-5-1-2-6-4;/h1-2H,3H2,(H,5,6)(H,7,8,9);1H. The van der Waals surface area contributed by atoms with Crippen molar-refractivity contribution in [1.82, 2.24) is 9.97 Å². The third kappa shape index (κ3) is 3.97. The van der Waals surface area contributed by atoms with E-state index in [0.29, 0.717) is 0 Å². The summed E-state index contributed by atoms with van der Waals surface area (Å²) in [6, 6.07) is 0. The fourth-order valence-electron chi connectivity index (χ4n) is 0.550. The first-order valence-corrected chi connectivity index (χ1v) is 4.12. The van der Waals surface area contributed by atoms with E-state index in [-0.39, 0.29) is 18.2 Å². The number of aromatic nitrogens is 2. The molecule has 7 heteroatoms. The normalized spacial score (nSPS) is 10.6. The molecule has 1 aromatic heterocycles. The number of rotatable bonds is 2. The average Bonchev–Trinajstić information content (AvgIpc) is 2.12. The number of nitrogens with one attached hydrogen (secondary N) is 1. The van der Waals surface area contributed by atoms with Gasteiger partial charge in [0.15, 0.2) is 0 Å². The molecule has 0 bridgehead atoms. The van der Waals surface area contributed by atoms with Crippen LogP contribution < -0.4 is 0 Å². The smallest absolute Gasteiger partial charge is 0.272 e. The Hall–Kier alpha value is -0.590. The van der Waals surface area contributed by atoms with Crippen LogP contribution in [-0.4, -0.2) is 22.9 Å². The predicted octanol–water partition coefficient (Wildman–Crippen LogP) is 0.219. The molecule has 0 saturated carbocycles. The van der Waals surface area contributed by atoms with E-state index in [9.17, 15) is 8.42 Å².